The molecular weight excluding hydrogens is 637 g/mol. The van der Waals surface area contributed by atoms with E-state index < -0.39 is 30.2 Å². The topological polar surface area (TPSA) is 9.86 Å². The lowest BCUT2D eigenvalue weighted by Gasteiger charge is -2.12. The number of para-hydroxylation sites is 3. The largest absolute Gasteiger partial charge is 0.309 e. The highest BCUT2D eigenvalue weighted by molar-refractivity contribution is 7.25. The molecular formula is C48H30N2S. The summed E-state index contributed by atoms with van der Waals surface area (Å²) in [5.41, 5.74) is 3.48. The van der Waals surface area contributed by atoms with Gasteiger partial charge in [-0.15, -0.1) is 11.3 Å². The van der Waals surface area contributed by atoms with E-state index in [9.17, 15) is 5.48 Å². The summed E-state index contributed by atoms with van der Waals surface area (Å²) in [6.45, 7) is 0. The second-order valence-electron chi connectivity index (χ2n) is 12.2. The summed E-state index contributed by atoms with van der Waals surface area (Å²) >= 11 is 1.00. The third kappa shape index (κ3) is 4.29. The first-order valence-corrected chi connectivity index (χ1v) is 17.0. The predicted molar refractivity (Wildman–Crippen MR) is 219 cm³/mol. The van der Waals surface area contributed by atoms with E-state index >= 15 is 0 Å². The van der Waals surface area contributed by atoms with Crippen LogP contribution in [0.1, 0.15) is 20.6 Å². The highest BCUT2D eigenvalue weighted by Crippen LogP contribution is 2.43. The summed E-state index contributed by atoms with van der Waals surface area (Å²) in [6, 6.07) is 21.6. The minimum Gasteiger partial charge on any atom is -0.309 e. The minimum absolute atomic E-state index is 0.0244. The van der Waals surface area contributed by atoms with Crippen LogP contribution in [0, 0.1) is 0 Å². The molecule has 0 spiro atoms. The zero-order valence-electron chi connectivity index (χ0n) is 41.5. The van der Waals surface area contributed by atoms with E-state index in [1.807, 2.05) is 75.9 Å². The molecule has 0 atom stereocenters. The Labute approximate surface area is 319 Å². The molecule has 0 unspecified atom stereocenters. The number of benzene rings is 8. The Kier molecular flexibility index (Phi) is 3.79. The molecule has 0 aliphatic heterocycles. The fraction of sp³-hybridized carbons (Fsp3) is 0. The van der Waals surface area contributed by atoms with Gasteiger partial charge in [0.15, 0.2) is 0 Å². The smallest absolute Gasteiger partial charge is 0.0645 e. The number of aromatic nitrogens is 2. The van der Waals surface area contributed by atoms with Gasteiger partial charge in [-0.05, 0) is 88.9 Å². The molecule has 51 heavy (non-hydrogen) atoms. The molecule has 0 fully saturated rings. The second-order valence-corrected chi connectivity index (χ2v) is 13.2. The third-order valence-corrected chi connectivity index (χ3v) is 10.5. The van der Waals surface area contributed by atoms with Gasteiger partial charge in [0.2, 0.25) is 0 Å². The van der Waals surface area contributed by atoms with Crippen molar-refractivity contribution in [3.8, 4) is 33.6 Å². The fourth-order valence-corrected chi connectivity index (χ4v) is 8.22. The molecule has 3 heterocycles. The number of fused-ring (bicyclic) bond motifs is 9. The van der Waals surface area contributed by atoms with Crippen LogP contribution in [0.3, 0.4) is 0 Å². The standard InChI is InChI=1S/C48H30N2S/c1-2-12-31(13-3-1)32-14-10-15-33(28-32)34-24-27-46-40(29-34)48-45(22-11-23-47(48)51-46)50-43-21-9-6-18-38(43)39-30-35(25-26-44(39)50)49-41-19-7-4-16-36(41)37-17-5-8-20-42(37)49/h1-30H/i1D,2D,3D,4D,7D,11D,12D,13D,16D,19D,22D,23D,24D,27D,29D. The first-order valence-electron chi connectivity index (χ1n) is 23.7. The van der Waals surface area contributed by atoms with Crippen LogP contribution in [0.15, 0.2) is 182 Å². The van der Waals surface area contributed by atoms with Crippen molar-refractivity contribution in [2.24, 2.45) is 0 Å². The number of hydrogen-bond donors (Lipinski definition) is 0. The van der Waals surface area contributed by atoms with Crippen LogP contribution in [-0.2, 0) is 0 Å². The van der Waals surface area contributed by atoms with Gasteiger partial charge < -0.3 is 9.13 Å². The molecule has 0 bridgehead atoms. The van der Waals surface area contributed by atoms with E-state index in [0.29, 0.717) is 43.9 Å². The van der Waals surface area contributed by atoms with Gasteiger partial charge >= 0.3 is 0 Å². The Balaban J connectivity index is 1.21. The summed E-state index contributed by atoms with van der Waals surface area (Å²) in [4.78, 5) is 0. The average Bonchev–Trinajstić information content (AvgIpc) is 3.99. The Bertz CT molecular complexity index is 3990. The molecule has 11 aromatic rings. The molecule has 11 rings (SSSR count). The van der Waals surface area contributed by atoms with Crippen LogP contribution in [0.4, 0.5) is 0 Å². The summed E-state index contributed by atoms with van der Waals surface area (Å²) in [7, 11) is 0. The lowest BCUT2D eigenvalue weighted by Crippen LogP contribution is -1.96. The molecule has 0 radical (unpaired) electrons. The van der Waals surface area contributed by atoms with Gasteiger partial charge in [0.25, 0.3) is 0 Å². The van der Waals surface area contributed by atoms with Crippen molar-refractivity contribution in [3.05, 3.63) is 182 Å². The van der Waals surface area contributed by atoms with Crippen molar-refractivity contribution < 1.29 is 20.6 Å². The SMILES string of the molecule is [2H]c1c([2H])c([2H])c(-c2cccc(-c3c([2H])c([2H])c4sc5c([2H])c([2H])c([2H])c(-n6c7ccccc7c7cc(-n8c9ccccc9c9c([2H])c([2H])c([2H])c([2H])c98)ccc76)c5c4c3[2H])c2)c([2H])c1[2H]. The fourth-order valence-electron chi connectivity index (χ4n) is 7.25. The maximum atomic E-state index is 9.82. The van der Waals surface area contributed by atoms with E-state index in [0.717, 1.165) is 16.7 Å². The van der Waals surface area contributed by atoms with Crippen LogP contribution in [0.2, 0.25) is 0 Å². The van der Waals surface area contributed by atoms with Crippen molar-refractivity contribution in [1.82, 2.24) is 9.13 Å². The zero-order chi connectivity index (χ0) is 46.5. The Morgan fingerprint density at radius 3 is 2.00 bits per heavy atom. The lowest BCUT2D eigenvalue weighted by atomic mass is 9.98. The highest BCUT2D eigenvalue weighted by Gasteiger charge is 2.19. The van der Waals surface area contributed by atoms with E-state index in [1.165, 1.54) is 6.07 Å². The van der Waals surface area contributed by atoms with Crippen molar-refractivity contribution >= 4 is 75.1 Å². The molecule has 0 saturated carbocycles. The molecule has 0 aliphatic rings. The maximum absolute atomic E-state index is 9.82. The van der Waals surface area contributed by atoms with Gasteiger partial charge in [0.05, 0.1) is 48.3 Å². The van der Waals surface area contributed by atoms with E-state index in [2.05, 4.69) is 0 Å². The van der Waals surface area contributed by atoms with Gasteiger partial charge in [0.1, 0.15) is 0 Å². The molecule has 0 aliphatic carbocycles. The average molecular weight is 682 g/mol. The van der Waals surface area contributed by atoms with Gasteiger partial charge in [-0.25, -0.2) is 0 Å². The van der Waals surface area contributed by atoms with Crippen LogP contribution >= 0.6 is 11.3 Å². The van der Waals surface area contributed by atoms with Crippen LogP contribution < -0.4 is 0 Å². The normalized spacial score (nSPS) is 16.0. The zero-order valence-corrected chi connectivity index (χ0v) is 27.3. The Morgan fingerprint density at radius 1 is 0.412 bits per heavy atom. The van der Waals surface area contributed by atoms with Crippen molar-refractivity contribution in [3.63, 3.8) is 0 Å². The predicted octanol–water partition coefficient (Wildman–Crippen LogP) is 13.6. The molecule has 3 heteroatoms. The quantitative estimate of drug-likeness (QED) is 0.175. The van der Waals surface area contributed by atoms with Gasteiger partial charge in [-0.2, -0.15) is 0 Å². The molecule has 3 aromatic heterocycles. The molecule has 0 amide bonds. The molecule has 8 aromatic carbocycles. The summed E-state index contributed by atoms with van der Waals surface area (Å²) in [5, 5.41) is 2.96. The lowest BCUT2D eigenvalue weighted by molar-refractivity contribution is 1.17. The molecule has 238 valence electrons. The molecule has 0 saturated heterocycles. The number of thiophene rings is 1. The summed E-state index contributed by atoms with van der Waals surface area (Å²) in [6.07, 6.45) is 0. The third-order valence-electron chi connectivity index (χ3n) is 9.44. The number of rotatable bonds is 4. The van der Waals surface area contributed by atoms with Crippen molar-refractivity contribution in [2.45, 2.75) is 0 Å². The first kappa shape index (κ1) is 17.5. The highest BCUT2D eigenvalue weighted by atomic mass is 32.1. The maximum Gasteiger partial charge on any atom is 0.0645 e. The van der Waals surface area contributed by atoms with Gasteiger partial charge in [-0.3, -0.25) is 0 Å². The Hall–Kier alpha value is -6.42. The van der Waals surface area contributed by atoms with E-state index in [1.54, 1.807) is 18.2 Å². The van der Waals surface area contributed by atoms with Crippen LogP contribution in [0.5, 0.6) is 0 Å². The van der Waals surface area contributed by atoms with E-state index in [-0.39, 0.29) is 109 Å². The molecule has 2 nitrogen and oxygen atoms in total. The van der Waals surface area contributed by atoms with Crippen molar-refractivity contribution in [2.75, 3.05) is 0 Å². The number of nitrogens with zero attached hydrogens (tertiary/aromatic N) is 2. The second kappa shape index (κ2) is 11.0. The summed E-state index contributed by atoms with van der Waals surface area (Å²) in [5.74, 6) is 0. The minimum atomic E-state index is -0.542. The van der Waals surface area contributed by atoms with Crippen LogP contribution in [0.25, 0.3) is 97.4 Å². The van der Waals surface area contributed by atoms with Crippen LogP contribution in [-0.4, -0.2) is 9.13 Å². The van der Waals surface area contributed by atoms with E-state index in [4.69, 9.17) is 15.1 Å². The van der Waals surface area contributed by atoms with Gasteiger partial charge in [0, 0.05) is 47.4 Å². The first-order chi connectivity index (χ1) is 31.5. The summed E-state index contributed by atoms with van der Waals surface area (Å²) < 4.78 is 137. The monoisotopic (exact) mass is 681 g/mol. The number of hydrogen-bond acceptors (Lipinski definition) is 1. The molecule has 0 N–H and O–H groups in total. The Morgan fingerprint density at radius 2 is 1.14 bits per heavy atom. The van der Waals surface area contributed by atoms with Gasteiger partial charge in [-0.1, -0.05) is 115 Å². The van der Waals surface area contributed by atoms with Crippen molar-refractivity contribution in [1.29, 1.82) is 0 Å².